The summed E-state index contributed by atoms with van der Waals surface area (Å²) in [5, 5.41) is 5.54. The third kappa shape index (κ3) is 3.57. The quantitative estimate of drug-likeness (QED) is 0.899. The fourth-order valence-corrected chi connectivity index (χ4v) is 2.40. The third-order valence-corrected chi connectivity index (χ3v) is 3.96. The minimum atomic E-state index is -3.24. The number of carbonyl (C=O) groups is 1. The molecule has 0 bridgehead atoms. The van der Waals surface area contributed by atoms with Gasteiger partial charge in [0, 0.05) is 25.2 Å². The molecule has 2 N–H and O–H groups in total. The van der Waals surface area contributed by atoms with Crippen LogP contribution in [-0.2, 0) is 9.84 Å². The van der Waals surface area contributed by atoms with Crippen molar-refractivity contribution in [2.75, 3.05) is 23.9 Å². The van der Waals surface area contributed by atoms with Crippen LogP contribution in [-0.4, -0.2) is 32.6 Å². The number of amides is 1. The molecule has 0 unspecified atom stereocenters. The Hall–Kier alpha value is -2.41. The number of nitrogens with one attached hydrogen (secondary N) is 2. The standard InChI is InChI=1S/C14H15N3O3S/c1-15-13-12(4-3-9-16-13)14(18)17-10-5-7-11(8-6-10)21(2,19)20/h3-9H,1-2H3,(H,15,16)(H,17,18). The second-order valence-electron chi connectivity index (χ2n) is 4.40. The van der Waals surface area contributed by atoms with Crippen molar-refractivity contribution in [2.45, 2.75) is 4.90 Å². The smallest absolute Gasteiger partial charge is 0.259 e. The molecule has 0 saturated carbocycles. The molecule has 0 aliphatic heterocycles. The molecule has 6 nitrogen and oxygen atoms in total. The van der Waals surface area contributed by atoms with Gasteiger partial charge in [-0.1, -0.05) is 0 Å². The topological polar surface area (TPSA) is 88.2 Å². The minimum absolute atomic E-state index is 0.206. The summed E-state index contributed by atoms with van der Waals surface area (Å²) < 4.78 is 22.7. The lowest BCUT2D eigenvalue weighted by atomic mass is 10.2. The Morgan fingerprint density at radius 3 is 2.38 bits per heavy atom. The van der Waals surface area contributed by atoms with Crippen molar-refractivity contribution >= 4 is 27.2 Å². The second kappa shape index (κ2) is 5.92. The van der Waals surface area contributed by atoms with Gasteiger partial charge in [0.2, 0.25) is 0 Å². The van der Waals surface area contributed by atoms with Crippen molar-refractivity contribution in [2.24, 2.45) is 0 Å². The van der Waals surface area contributed by atoms with E-state index < -0.39 is 9.84 Å². The predicted molar refractivity (Wildman–Crippen MR) is 81.3 cm³/mol. The predicted octanol–water partition coefficient (Wildman–Crippen LogP) is 1.78. The summed E-state index contributed by atoms with van der Waals surface area (Å²) in [6.07, 6.45) is 2.72. The summed E-state index contributed by atoms with van der Waals surface area (Å²) in [6, 6.07) is 9.31. The Kier molecular flexibility index (Phi) is 4.23. The number of carbonyl (C=O) groups excluding carboxylic acids is 1. The van der Waals surface area contributed by atoms with Crippen LogP contribution in [0.2, 0.25) is 0 Å². The van der Waals surface area contributed by atoms with Gasteiger partial charge in [0.05, 0.1) is 10.5 Å². The molecule has 0 radical (unpaired) electrons. The molecule has 2 aromatic rings. The molecule has 21 heavy (non-hydrogen) atoms. The summed E-state index contributed by atoms with van der Waals surface area (Å²) >= 11 is 0. The lowest BCUT2D eigenvalue weighted by molar-refractivity contribution is 0.102. The fraction of sp³-hybridized carbons (Fsp3) is 0.143. The molecule has 1 aromatic carbocycles. The number of nitrogens with zero attached hydrogens (tertiary/aromatic N) is 1. The molecular weight excluding hydrogens is 290 g/mol. The monoisotopic (exact) mass is 305 g/mol. The zero-order chi connectivity index (χ0) is 15.5. The van der Waals surface area contributed by atoms with Gasteiger partial charge in [-0.15, -0.1) is 0 Å². The number of pyridine rings is 1. The molecule has 1 aromatic heterocycles. The summed E-state index contributed by atoms with van der Waals surface area (Å²) in [5.41, 5.74) is 0.922. The van der Waals surface area contributed by atoms with E-state index in [-0.39, 0.29) is 10.8 Å². The Morgan fingerprint density at radius 1 is 1.14 bits per heavy atom. The van der Waals surface area contributed by atoms with E-state index in [0.717, 1.165) is 6.26 Å². The lowest BCUT2D eigenvalue weighted by Crippen LogP contribution is -2.14. The van der Waals surface area contributed by atoms with E-state index in [1.807, 2.05) is 0 Å². The zero-order valence-corrected chi connectivity index (χ0v) is 12.4. The Labute approximate surface area is 123 Å². The number of anilines is 2. The van der Waals surface area contributed by atoms with Crippen LogP contribution < -0.4 is 10.6 Å². The molecule has 2 rings (SSSR count). The normalized spacial score (nSPS) is 11.0. The van der Waals surface area contributed by atoms with Gasteiger partial charge in [0.1, 0.15) is 5.82 Å². The number of sulfone groups is 1. The maximum absolute atomic E-state index is 12.2. The van der Waals surface area contributed by atoms with E-state index >= 15 is 0 Å². The van der Waals surface area contributed by atoms with Gasteiger partial charge < -0.3 is 10.6 Å². The molecule has 0 aliphatic carbocycles. The van der Waals surface area contributed by atoms with Crippen LogP contribution in [0.5, 0.6) is 0 Å². The molecule has 7 heteroatoms. The van der Waals surface area contributed by atoms with Crippen LogP contribution in [0.4, 0.5) is 11.5 Å². The highest BCUT2D eigenvalue weighted by Gasteiger charge is 2.12. The van der Waals surface area contributed by atoms with Crippen molar-refractivity contribution in [3.05, 3.63) is 48.2 Å². The number of rotatable bonds is 4. The first-order valence-electron chi connectivity index (χ1n) is 6.16. The van der Waals surface area contributed by atoms with Gasteiger partial charge in [0.25, 0.3) is 5.91 Å². The molecular formula is C14H15N3O3S. The summed E-state index contributed by atoms with van der Waals surface area (Å²) in [5.74, 6) is 0.155. The lowest BCUT2D eigenvalue weighted by Gasteiger charge is -2.09. The van der Waals surface area contributed by atoms with E-state index in [2.05, 4.69) is 15.6 Å². The Morgan fingerprint density at radius 2 is 1.81 bits per heavy atom. The van der Waals surface area contributed by atoms with Crippen molar-refractivity contribution in [1.29, 1.82) is 0 Å². The van der Waals surface area contributed by atoms with Gasteiger partial charge in [-0.3, -0.25) is 4.79 Å². The molecule has 1 amide bonds. The van der Waals surface area contributed by atoms with Gasteiger partial charge in [-0.05, 0) is 36.4 Å². The maximum Gasteiger partial charge on any atom is 0.259 e. The minimum Gasteiger partial charge on any atom is -0.372 e. The van der Waals surface area contributed by atoms with E-state index in [4.69, 9.17) is 0 Å². The van der Waals surface area contributed by atoms with Crippen LogP contribution in [0.1, 0.15) is 10.4 Å². The van der Waals surface area contributed by atoms with Crippen LogP contribution in [0.3, 0.4) is 0 Å². The van der Waals surface area contributed by atoms with Crippen LogP contribution in [0, 0.1) is 0 Å². The number of hydrogen-bond donors (Lipinski definition) is 2. The van der Waals surface area contributed by atoms with Crippen LogP contribution >= 0.6 is 0 Å². The average Bonchev–Trinajstić information content (AvgIpc) is 2.46. The molecule has 0 atom stereocenters. The Balaban J connectivity index is 2.20. The summed E-state index contributed by atoms with van der Waals surface area (Å²) in [4.78, 5) is 16.4. The molecule has 0 fully saturated rings. The first kappa shape index (κ1) is 15.0. The van der Waals surface area contributed by atoms with Gasteiger partial charge >= 0.3 is 0 Å². The van der Waals surface area contributed by atoms with E-state index in [1.54, 1.807) is 37.5 Å². The van der Waals surface area contributed by atoms with Gasteiger partial charge in [-0.2, -0.15) is 0 Å². The molecule has 110 valence electrons. The van der Waals surface area contributed by atoms with Crippen molar-refractivity contribution in [1.82, 2.24) is 4.98 Å². The summed E-state index contributed by atoms with van der Waals surface area (Å²) in [7, 11) is -1.56. The highest BCUT2D eigenvalue weighted by atomic mass is 32.2. The molecule has 0 spiro atoms. The largest absolute Gasteiger partial charge is 0.372 e. The highest BCUT2D eigenvalue weighted by molar-refractivity contribution is 7.90. The highest BCUT2D eigenvalue weighted by Crippen LogP contribution is 2.17. The number of benzene rings is 1. The van der Waals surface area contributed by atoms with Crippen LogP contribution in [0.25, 0.3) is 0 Å². The number of aromatic nitrogens is 1. The molecule has 0 aliphatic rings. The first-order valence-corrected chi connectivity index (χ1v) is 8.05. The first-order chi connectivity index (χ1) is 9.91. The SMILES string of the molecule is CNc1ncccc1C(=O)Nc1ccc(S(C)(=O)=O)cc1. The Bertz CT molecular complexity index is 755. The molecule has 0 saturated heterocycles. The van der Waals surface area contributed by atoms with Crippen molar-refractivity contribution in [3.8, 4) is 0 Å². The fourth-order valence-electron chi connectivity index (χ4n) is 1.77. The maximum atomic E-state index is 12.2. The molecule has 1 heterocycles. The van der Waals surface area contributed by atoms with Crippen molar-refractivity contribution < 1.29 is 13.2 Å². The van der Waals surface area contributed by atoms with Gasteiger partial charge in [-0.25, -0.2) is 13.4 Å². The average molecular weight is 305 g/mol. The van der Waals surface area contributed by atoms with E-state index in [0.29, 0.717) is 17.1 Å². The van der Waals surface area contributed by atoms with Crippen molar-refractivity contribution in [3.63, 3.8) is 0 Å². The van der Waals surface area contributed by atoms with Crippen LogP contribution in [0.15, 0.2) is 47.5 Å². The van der Waals surface area contributed by atoms with E-state index in [1.165, 1.54) is 12.1 Å². The van der Waals surface area contributed by atoms with Gasteiger partial charge in [0.15, 0.2) is 9.84 Å². The third-order valence-electron chi connectivity index (χ3n) is 2.83. The second-order valence-corrected chi connectivity index (χ2v) is 6.42. The zero-order valence-electron chi connectivity index (χ0n) is 11.6. The number of hydrogen-bond acceptors (Lipinski definition) is 5. The van der Waals surface area contributed by atoms with E-state index in [9.17, 15) is 13.2 Å². The summed E-state index contributed by atoms with van der Waals surface area (Å²) in [6.45, 7) is 0.